The summed E-state index contributed by atoms with van der Waals surface area (Å²) in [6, 6.07) is 8.09. The van der Waals surface area contributed by atoms with Crippen LogP contribution in [0.2, 0.25) is 0 Å². The lowest BCUT2D eigenvalue weighted by Crippen LogP contribution is -1.99. The molecule has 0 spiro atoms. The Balaban J connectivity index is 1.89. The van der Waals surface area contributed by atoms with Gasteiger partial charge in [-0.2, -0.15) is 4.98 Å². The smallest absolute Gasteiger partial charge is 0.222 e. The van der Waals surface area contributed by atoms with Gasteiger partial charge in [0.15, 0.2) is 0 Å². The lowest BCUT2D eigenvalue weighted by molar-refractivity contribution is 0.409. The van der Waals surface area contributed by atoms with Crippen molar-refractivity contribution in [3.8, 4) is 5.75 Å². The molecule has 0 saturated heterocycles. The number of benzene rings is 1. The SMILES string of the molecule is COc1ccccc1CCc1c[nH]c2nc(N)nc(C)c12. The summed E-state index contributed by atoms with van der Waals surface area (Å²) in [5.74, 6) is 1.23. The van der Waals surface area contributed by atoms with Crippen molar-refractivity contribution in [2.24, 2.45) is 0 Å². The number of nitrogens with zero attached hydrogens (tertiary/aromatic N) is 2. The molecule has 0 amide bonds. The van der Waals surface area contributed by atoms with Gasteiger partial charge in [0.2, 0.25) is 5.95 Å². The quantitative estimate of drug-likeness (QED) is 0.771. The first-order chi connectivity index (χ1) is 10.2. The predicted octanol–water partition coefficient (Wildman–Crippen LogP) is 2.64. The second-order valence-corrected chi connectivity index (χ2v) is 5.02. The van der Waals surface area contributed by atoms with Gasteiger partial charge in [-0.1, -0.05) is 18.2 Å². The van der Waals surface area contributed by atoms with Crippen molar-refractivity contribution in [2.75, 3.05) is 12.8 Å². The standard InChI is InChI=1S/C16H18N4O/c1-10-14-12(9-18-15(14)20-16(17)19-10)8-7-11-5-3-4-6-13(11)21-2/h3-6,9H,7-8H2,1-2H3,(H3,17,18,19,20). The number of nitrogen functional groups attached to an aromatic ring is 1. The Hall–Kier alpha value is -2.56. The number of fused-ring (bicyclic) bond motifs is 1. The fraction of sp³-hybridized carbons (Fsp3) is 0.250. The number of aromatic nitrogens is 3. The first kappa shape index (κ1) is 13.4. The molecule has 5 nitrogen and oxygen atoms in total. The van der Waals surface area contributed by atoms with Crippen LogP contribution in [0.5, 0.6) is 5.75 Å². The fourth-order valence-corrected chi connectivity index (χ4v) is 2.69. The van der Waals surface area contributed by atoms with Crippen LogP contribution in [-0.2, 0) is 12.8 Å². The highest BCUT2D eigenvalue weighted by Crippen LogP contribution is 2.24. The van der Waals surface area contributed by atoms with Gasteiger partial charge in [-0.15, -0.1) is 0 Å². The minimum Gasteiger partial charge on any atom is -0.496 e. The molecule has 0 aliphatic rings. The van der Waals surface area contributed by atoms with E-state index in [2.05, 4.69) is 21.0 Å². The highest BCUT2D eigenvalue weighted by atomic mass is 16.5. The first-order valence-electron chi connectivity index (χ1n) is 6.91. The number of hydrogen-bond donors (Lipinski definition) is 2. The number of anilines is 1. The number of methoxy groups -OCH3 is 1. The van der Waals surface area contributed by atoms with Gasteiger partial charge in [-0.05, 0) is 37.0 Å². The highest BCUT2D eigenvalue weighted by Gasteiger charge is 2.11. The molecule has 0 unspecified atom stereocenters. The lowest BCUT2D eigenvalue weighted by Gasteiger charge is -2.08. The number of para-hydroxylation sites is 1. The van der Waals surface area contributed by atoms with Crippen molar-refractivity contribution >= 4 is 17.0 Å². The van der Waals surface area contributed by atoms with E-state index in [1.807, 2.05) is 31.3 Å². The lowest BCUT2D eigenvalue weighted by atomic mass is 10.0. The molecule has 3 rings (SSSR count). The molecule has 2 heterocycles. The molecule has 2 aromatic heterocycles. The van der Waals surface area contributed by atoms with Gasteiger partial charge in [-0.25, -0.2) is 4.98 Å². The fourth-order valence-electron chi connectivity index (χ4n) is 2.69. The molecule has 0 bridgehead atoms. The molecule has 5 heteroatoms. The van der Waals surface area contributed by atoms with Crippen LogP contribution in [-0.4, -0.2) is 22.1 Å². The summed E-state index contributed by atoms with van der Waals surface area (Å²) in [5, 5.41) is 1.07. The zero-order chi connectivity index (χ0) is 14.8. The average molecular weight is 282 g/mol. The number of ether oxygens (including phenoxy) is 1. The van der Waals surface area contributed by atoms with E-state index < -0.39 is 0 Å². The molecule has 1 aromatic carbocycles. The Morgan fingerprint density at radius 3 is 2.71 bits per heavy atom. The molecular weight excluding hydrogens is 264 g/mol. The Bertz CT molecular complexity index is 779. The van der Waals surface area contributed by atoms with Crippen molar-refractivity contribution < 1.29 is 4.74 Å². The summed E-state index contributed by atoms with van der Waals surface area (Å²) in [5.41, 5.74) is 9.79. The maximum atomic E-state index is 5.68. The largest absolute Gasteiger partial charge is 0.496 e. The summed E-state index contributed by atoms with van der Waals surface area (Å²) in [7, 11) is 1.70. The monoisotopic (exact) mass is 282 g/mol. The Labute approximate surface area is 123 Å². The molecule has 0 aliphatic carbocycles. The first-order valence-corrected chi connectivity index (χ1v) is 6.91. The summed E-state index contributed by atoms with van der Waals surface area (Å²) >= 11 is 0. The third-order valence-corrected chi connectivity index (χ3v) is 3.67. The van der Waals surface area contributed by atoms with Crippen molar-refractivity contribution in [1.29, 1.82) is 0 Å². The van der Waals surface area contributed by atoms with Crippen LogP contribution in [0, 0.1) is 6.92 Å². The van der Waals surface area contributed by atoms with Gasteiger partial charge in [-0.3, -0.25) is 0 Å². The van der Waals surface area contributed by atoms with Crippen LogP contribution < -0.4 is 10.5 Å². The molecule has 0 atom stereocenters. The zero-order valence-corrected chi connectivity index (χ0v) is 12.2. The van der Waals surface area contributed by atoms with Crippen LogP contribution >= 0.6 is 0 Å². The molecule has 3 N–H and O–H groups in total. The number of H-pyrrole nitrogens is 1. The van der Waals surface area contributed by atoms with Crippen molar-refractivity contribution in [1.82, 2.24) is 15.0 Å². The molecule has 3 aromatic rings. The van der Waals surface area contributed by atoms with E-state index >= 15 is 0 Å². The molecule has 0 saturated carbocycles. The predicted molar refractivity (Wildman–Crippen MR) is 83.4 cm³/mol. The number of aromatic amines is 1. The Morgan fingerprint density at radius 1 is 1.14 bits per heavy atom. The third-order valence-electron chi connectivity index (χ3n) is 3.67. The molecule has 0 radical (unpaired) electrons. The molecule has 108 valence electrons. The van der Waals surface area contributed by atoms with E-state index in [1.54, 1.807) is 7.11 Å². The van der Waals surface area contributed by atoms with Gasteiger partial charge >= 0.3 is 0 Å². The Kier molecular flexibility index (Phi) is 3.48. The second kappa shape index (κ2) is 5.44. The van der Waals surface area contributed by atoms with Gasteiger partial charge in [0.25, 0.3) is 0 Å². The number of aryl methyl sites for hydroxylation is 3. The van der Waals surface area contributed by atoms with E-state index in [0.29, 0.717) is 5.95 Å². The number of nitrogens with two attached hydrogens (primary N) is 1. The van der Waals surface area contributed by atoms with Crippen LogP contribution in [0.4, 0.5) is 5.95 Å². The van der Waals surface area contributed by atoms with Crippen LogP contribution in [0.3, 0.4) is 0 Å². The van der Waals surface area contributed by atoms with Gasteiger partial charge in [0.05, 0.1) is 12.8 Å². The highest BCUT2D eigenvalue weighted by molar-refractivity contribution is 5.82. The van der Waals surface area contributed by atoms with Gasteiger partial charge in [0.1, 0.15) is 11.4 Å². The van der Waals surface area contributed by atoms with E-state index in [9.17, 15) is 0 Å². The van der Waals surface area contributed by atoms with Crippen molar-refractivity contribution in [2.45, 2.75) is 19.8 Å². The van der Waals surface area contributed by atoms with Crippen LogP contribution in [0.15, 0.2) is 30.5 Å². The normalized spacial score (nSPS) is 11.0. The number of rotatable bonds is 4. The number of hydrogen-bond acceptors (Lipinski definition) is 4. The Morgan fingerprint density at radius 2 is 1.90 bits per heavy atom. The molecule has 21 heavy (non-hydrogen) atoms. The summed E-state index contributed by atoms with van der Waals surface area (Å²) in [4.78, 5) is 11.6. The van der Waals surface area contributed by atoms with Gasteiger partial charge in [0, 0.05) is 11.6 Å². The van der Waals surface area contributed by atoms with E-state index in [-0.39, 0.29) is 0 Å². The summed E-state index contributed by atoms with van der Waals surface area (Å²) < 4.78 is 5.39. The zero-order valence-electron chi connectivity index (χ0n) is 12.2. The van der Waals surface area contributed by atoms with Gasteiger partial charge < -0.3 is 15.5 Å². The van der Waals surface area contributed by atoms with Crippen molar-refractivity contribution in [3.05, 3.63) is 47.3 Å². The summed E-state index contributed by atoms with van der Waals surface area (Å²) in [6.45, 7) is 1.96. The van der Waals surface area contributed by atoms with E-state index in [4.69, 9.17) is 10.5 Å². The second-order valence-electron chi connectivity index (χ2n) is 5.02. The maximum absolute atomic E-state index is 5.68. The molecule has 0 fully saturated rings. The van der Waals surface area contributed by atoms with Crippen LogP contribution in [0.25, 0.3) is 11.0 Å². The third kappa shape index (κ3) is 2.54. The van der Waals surface area contributed by atoms with E-state index in [0.717, 1.165) is 35.3 Å². The minimum atomic E-state index is 0.304. The number of nitrogens with one attached hydrogen (secondary N) is 1. The minimum absolute atomic E-state index is 0.304. The maximum Gasteiger partial charge on any atom is 0.222 e. The molecular formula is C16H18N4O. The summed E-state index contributed by atoms with van der Waals surface area (Å²) in [6.07, 6.45) is 3.79. The average Bonchev–Trinajstić information content (AvgIpc) is 2.88. The molecule has 0 aliphatic heterocycles. The van der Waals surface area contributed by atoms with Crippen LogP contribution in [0.1, 0.15) is 16.8 Å². The topological polar surface area (TPSA) is 76.8 Å². The van der Waals surface area contributed by atoms with E-state index in [1.165, 1.54) is 11.1 Å². The van der Waals surface area contributed by atoms with Crippen molar-refractivity contribution in [3.63, 3.8) is 0 Å².